The lowest BCUT2D eigenvalue weighted by Crippen LogP contribution is -2.11. The summed E-state index contributed by atoms with van der Waals surface area (Å²) in [6, 6.07) is 22.8. The Balaban J connectivity index is 1.82. The van der Waals surface area contributed by atoms with E-state index in [4.69, 9.17) is 10.5 Å². The number of nitrogens with two attached hydrogens (primary N) is 1. The average Bonchev–Trinajstić information content (AvgIpc) is 2.72. The van der Waals surface area contributed by atoms with Gasteiger partial charge in [0.1, 0.15) is 6.61 Å². The normalized spacial score (nSPS) is 10.0. The molecule has 0 radical (unpaired) electrons. The maximum Gasteiger partial charge on any atom is 0.339 e. The molecule has 27 heavy (non-hydrogen) atoms. The minimum absolute atomic E-state index is 0.0616. The van der Waals surface area contributed by atoms with Gasteiger partial charge in [0.05, 0.1) is 17.2 Å². The van der Waals surface area contributed by atoms with Crippen molar-refractivity contribution in [3.63, 3.8) is 0 Å². The van der Waals surface area contributed by atoms with Gasteiger partial charge in [0.25, 0.3) is 0 Å². The number of rotatable bonds is 5. The second kappa shape index (κ2) is 7.98. The van der Waals surface area contributed by atoms with E-state index in [1.807, 2.05) is 12.1 Å². The Morgan fingerprint density at radius 2 is 1.52 bits per heavy atom. The number of nitrogens with zero attached hydrogens (tertiary/aromatic N) is 1. The summed E-state index contributed by atoms with van der Waals surface area (Å²) in [6.07, 6.45) is 0. The molecular weight excluding hydrogens is 340 g/mol. The third-order valence-electron chi connectivity index (χ3n) is 4.09. The highest BCUT2D eigenvalue weighted by Crippen LogP contribution is 2.27. The van der Waals surface area contributed by atoms with Crippen LogP contribution in [0.1, 0.15) is 31.8 Å². The first-order chi connectivity index (χ1) is 13.1. The van der Waals surface area contributed by atoms with Crippen LogP contribution in [0.4, 0.5) is 0 Å². The van der Waals surface area contributed by atoms with E-state index in [1.54, 1.807) is 60.7 Å². The van der Waals surface area contributed by atoms with Gasteiger partial charge in [0, 0.05) is 11.1 Å². The molecule has 5 heteroatoms. The lowest BCUT2D eigenvalue weighted by atomic mass is 9.96. The Kier molecular flexibility index (Phi) is 5.29. The second-order valence-corrected chi connectivity index (χ2v) is 5.84. The standard InChI is InChI=1S/C22H16N2O3/c23-13-17-5-1-2-6-18(17)19-7-3-4-8-20(19)22(26)27-14-15-9-11-16(12-10-15)21(24)25/h1-12H,14H2,(H2,24,25). The number of carbonyl (C=O) groups is 2. The number of esters is 1. The molecule has 0 unspecified atom stereocenters. The third kappa shape index (κ3) is 4.02. The van der Waals surface area contributed by atoms with E-state index in [-0.39, 0.29) is 6.61 Å². The van der Waals surface area contributed by atoms with E-state index in [9.17, 15) is 14.9 Å². The Labute approximate surface area is 156 Å². The summed E-state index contributed by atoms with van der Waals surface area (Å²) in [7, 11) is 0. The van der Waals surface area contributed by atoms with E-state index >= 15 is 0 Å². The van der Waals surface area contributed by atoms with Crippen LogP contribution in [0, 0.1) is 11.3 Å². The molecule has 3 rings (SSSR count). The van der Waals surface area contributed by atoms with Gasteiger partial charge in [-0.25, -0.2) is 4.79 Å². The fourth-order valence-corrected chi connectivity index (χ4v) is 2.70. The molecule has 0 aromatic heterocycles. The molecule has 0 saturated carbocycles. The lowest BCUT2D eigenvalue weighted by molar-refractivity contribution is 0.0473. The Bertz CT molecular complexity index is 1030. The molecule has 3 aromatic rings. The Hall–Kier alpha value is -3.91. The topological polar surface area (TPSA) is 93.2 Å². The zero-order chi connectivity index (χ0) is 19.2. The molecule has 5 nitrogen and oxygen atoms in total. The van der Waals surface area contributed by atoms with Crippen molar-refractivity contribution in [2.75, 3.05) is 0 Å². The van der Waals surface area contributed by atoms with Crippen molar-refractivity contribution in [2.24, 2.45) is 5.73 Å². The van der Waals surface area contributed by atoms with E-state index in [0.29, 0.717) is 27.8 Å². The molecule has 0 fully saturated rings. The molecule has 0 saturated heterocycles. The maximum atomic E-state index is 12.6. The minimum atomic E-state index is -0.511. The Morgan fingerprint density at radius 3 is 2.19 bits per heavy atom. The minimum Gasteiger partial charge on any atom is -0.457 e. The number of carbonyl (C=O) groups excluding carboxylic acids is 2. The van der Waals surface area contributed by atoms with Gasteiger partial charge in [-0.05, 0) is 35.4 Å². The monoisotopic (exact) mass is 356 g/mol. The number of benzene rings is 3. The van der Waals surface area contributed by atoms with Gasteiger partial charge < -0.3 is 10.5 Å². The molecule has 0 bridgehead atoms. The molecule has 0 heterocycles. The zero-order valence-electron chi connectivity index (χ0n) is 14.4. The summed E-state index contributed by atoms with van der Waals surface area (Å²) in [5, 5.41) is 9.32. The van der Waals surface area contributed by atoms with Crippen LogP contribution in [0.2, 0.25) is 0 Å². The number of hydrogen-bond donors (Lipinski definition) is 1. The SMILES string of the molecule is N#Cc1ccccc1-c1ccccc1C(=O)OCc1ccc(C(N)=O)cc1. The van der Waals surface area contributed by atoms with E-state index in [2.05, 4.69) is 6.07 Å². The molecule has 1 amide bonds. The van der Waals surface area contributed by atoms with Crippen molar-refractivity contribution in [3.8, 4) is 17.2 Å². The van der Waals surface area contributed by atoms with Gasteiger partial charge >= 0.3 is 5.97 Å². The first-order valence-corrected chi connectivity index (χ1v) is 8.24. The van der Waals surface area contributed by atoms with Gasteiger partial charge in [-0.1, -0.05) is 48.5 Å². The molecule has 0 aliphatic rings. The molecular formula is C22H16N2O3. The van der Waals surface area contributed by atoms with Crippen LogP contribution in [0.15, 0.2) is 72.8 Å². The van der Waals surface area contributed by atoms with Crippen LogP contribution in [-0.2, 0) is 11.3 Å². The van der Waals surface area contributed by atoms with Gasteiger partial charge in [-0.3, -0.25) is 4.79 Å². The van der Waals surface area contributed by atoms with Crippen LogP contribution < -0.4 is 5.73 Å². The number of nitriles is 1. The number of amides is 1. The summed E-state index contributed by atoms with van der Waals surface area (Å²) in [5.41, 5.74) is 8.53. The first-order valence-electron chi connectivity index (χ1n) is 8.24. The van der Waals surface area contributed by atoms with Crippen molar-refractivity contribution < 1.29 is 14.3 Å². The summed E-state index contributed by atoms with van der Waals surface area (Å²) >= 11 is 0. The fourth-order valence-electron chi connectivity index (χ4n) is 2.70. The number of hydrogen-bond acceptors (Lipinski definition) is 4. The number of primary amides is 1. The van der Waals surface area contributed by atoms with E-state index in [1.165, 1.54) is 0 Å². The van der Waals surface area contributed by atoms with Crippen molar-refractivity contribution in [3.05, 3.63) is 95.1 Å². The van der Waals surface area contributed by atoms with Crippen LogP contribution in [-0.4, -0.2) is 11.9 Å². The zero-order valence-corrected chi connectivity index (χ0v) is 14.4. The molecule has 0 aliphatic heterocycles. The van der Waals surface area contributed by atoms with Crippen molar-refractivity contribution in [1.29, 1.82) is 5.26 Å². The molecule has 132 valence electrons. The van der Waals surface area contributed by atoms with Crippen LogP contribution in [0.5, 0.6) is 0 Å². The first kappa shape index (κ1) is 17.9. The highest BCUT2D eigenvalue weighted by atomic mass is 16.5. The average molecular weight is 356 g/mol. The predicted molar refractivity (Wildman–Crippen MR) is 101 cm³/mol. The highest BCUT2D eigenvalue weighted by molar-refractivity contribution is 5.98. The summed E-state index contributed by atoms with van der Waals surface area (Å²) in [6.45, 7) is 0.0616. The molecule has 0 aliphatic carbocycles. The maximum absolute atomic E-state index is 12.6. The Morgan fingerprint density at radius 1 is 0.889 bits per heavy atom. The summed E-state index contributed by atoms with van der Waals surface area (Å²) in [4.78, 5) is 23.7. The van der Waals surface area contributed by atoms with E-state index in [0.717, 1.165) is 5.56 Å². The van der Waals surface area contributed by atoms with Crippen LogP contribution >= 0.6 is 0 Å². The highest BCUT2D eigenvalue weighted by Gasteiger charge is 2.16. The van der Waals surface area contributed by atoms with Crippen molar-refractivity contribution in [1.82, 2.24) is 0 Å². The fraction of sp³-hybridized carbons (Fsp3) is 0.0455. The summed E-state index contributed by atoms with van der Waals surface area (Å²) in [5.74, 6) is -0.999. The van der Waals surface area contributed by atoms with Gasteiger partial charge in [-0.15, -0.1) is 0 Å². The summed E-state index contributed by atoms with van der Waals surface area (Å²) < 4.78 is 5.41. The van der Waals surface area contributed by atoms with Gasteiger partial charge in [-0.2, -0.15) is 5.26 Å². The van der Waals surface area contributed by atoms with Crippen molar-refractivity contribution in [2.45, 2.75) is 6.61 Å². The largest absolute Gasteiger partial charge is 0.457 e. The predicted octanol–water partition coefficient (Wildman–Crippen LogP) is 3.68. The van der Waals surface area contributed by atoms with Gasteiger partial charge in [0.15, 0.2) is 0 Å². The van der Waals surface area contributed by atoms with E-state index < -0.39 is 11.9 Å². The number of ether oxygens (including phenoxy) is 1. The molecule has 0 spiro atoms. The smallest absolute Gasteiger partial charge is 0.339 e. The van der Waals surface area contributed by atoms with Crippen molar-refractivity contribution >= 4 is 11.9 Å². The van der Waals surface area contributed by atoms with Gasteiger partial charge in [0.2, 0.25) is 5.91 Å². The molecule has 2 N–H and O–H groups in total. The quantitative estimate of drug-likeness (QED) is 0.706. The molecule has 3 aromatic carbocycles. The third-order valence-corrected chi connectivity index (χ3v) is 4.09. The lowest BCUT2D eigenvalue weighted by Gasteiger charge is -2.11. The second-order valence-electron chi connectivity index (χ2n) is 5.84. The molecule has 0 atom stereocenters. The van der Waals surface area contributed by atoms with Crippen LogP contribution in [0.3, 0.4) is 0 Å². The van der Waals surface area contributed by atoms with Crippen LogP contribution in [0.25, 0.3) is 11.1 Å².